The highest BCUT2D eigenvalue weighted by Gasteiger charge is 2.42. The van der Waals surface area contributed by atoms with E-state index in [0.717, 1.165) is 0 Å². The lowest BCUT2D eigenvalue weighted by Gasteiger charge is -2.31. The van der Waals surface area contributed by atoms with Crippen molar-refractivity contribution < 1.29 is 18.0 Å². The zero-order chi connectivity index (χ0) is 19.3. The minimum absolute atomic E-state index is 0.0194. The molecular weight excluding hydrogens is 356 g/mol. The number of aromatic nitrogens is 1. The average molecular weight is 382 g/mol. The summed E-state index contributed by atoms with van der Waals surface area (Å²) in [6.07, 6.45) is 2.50. The number of sulfonamides is 1. The topological polar surface area (TPSA) is 122 Å². The maximum absolute atomic E-state index is 13.1. The Kier molecular flexibility index (Phi) is 6.85. The summed E-state index contributed by atoms with van der Waals surface area (Å²) >= 11 is 0. The normalized spacial score (nSPS) is 19.8. The summed E-state index contributed by atoms with van der Waals surface area (Å²) in [5.41, 5.74) is 5.98. The molecule has 26 heavy (non-hydrogen) atoms. The van der Waals surface area contributed by atoms with Crippen molar-refractivity contribution in [1.82, 2.24) is 14.6 Å². The van der Waals surface area contributed by atoms with Crippen molar-refractivity contribution in [2.24, 2.45) is 11.7 Å². The molecule has 0 aliphatic carbocycles. The molecule has 1 aliphatic rings. The van der Waals surface area contributed by atoms with Gasteiger partial charge in [0.1, 0.15) is 6.04 Å². The summed E-state index contributed by atoms with van der Waals surface area (Å²) in [4.78, 5) is 29.3. The number of carbonyl (C=O) groups is 2. The van der Waals surface area contributed by atoms with Gasteiger partial charge in [0.15, 0.2) is 10.8 Å². The summed E-state index contributed by atoms with van der Waals surface area (Å²) in [7, 11) is -4.29. The molecule has 2 rings (SSSR count). The summed E-state index contributed by atoms with van der Waals surface area (Å²) in [6.45, 7) is 4.40. The molecule has 0 bridgehead atoms. The monoisotopic (exact) mass is 382 g/mol. The van der Waals surface area contributed by atoms with Crippen LogP contribution in [0, 0.1) is 5.92 Å². The fourth-order valence-corrected chi connectivity index (χ4v) is 4.55. The van der Waals surface area contributed by atoms with Gasteiger partial charge in [-0.3, -0.25) is 9.59 Å². The molecule has 1 amide bonds. The van der Waals surface area contributed by atoms with Crippen LogP contribution in [0.3, 0.4) is 0 Å². The second kappa shape index (κ2) is 8.70. The fourth-order valence-electron chi connectivity index (χ4n) is 2.97. The number of nitrogens with zero attached hydrogens (tertiary/aromatic N) is 2. The Morgan fingerprint density at radius 2 is 2.15 bits per heavy atom. The predicted octanol–water partition coefficient (Wildman–Crippen LogP) is 0.293. The third kappa shape index (κ3) is 4.66. The van der Waals surface area contributed by atoms with Gasteiger partial charge in [0.2, 0.25) is 0 Å². The lowest BCUT2D eigenvalue weighted by atomic mass is 10.0. The van der Waals surface area contributed by atoms with E-state index in [2.05, 4.69) is 10.3 Å². The molecule has 8 nitrogen and oxygen atoms in total. The smallest absolute Gasteiger partial charge is 0.284 e. The van der Waals surface area contributed by atoms with E-state index in [1.54, 1.807) is 6.07 Å². The Balaban J connectivity index is 2.47. The second-order valence-electron chi connectivity index (χ2n) is 6.84. The van der Waals surface area contributed by atoms with Crippen LogP contribution >= 0.6 is 0 Å². The molecule has 2 atom stereocenters. The number of pyridine rings is 1. The van der Waals surface area contributed by atoms with Crippen molar-refractivity contribution in [3.8, 4) is 0 Å². The summed E-state index contributed by atoms with van der Waals surface area (Å²) in [6, 6.07) is 2.34. The molecule has 9 heteroatoms. The number of nitrogens with one attached hydrogen (secondary N) is 1. The zero-order valence-electron chi connectivity index (χ0n) is 15.1. The first-order valence-electron chi connectivity index (χ1n) is 8.73. The number of ketones is 1. The van der Waals surface area contributed by atoms with E-state index in [-0.39, 0.29) is 29.7 Å². The Hall–Kier alpha value is -1.84. The van der Waals surface area contributed by atoms with Crippen molar-refractivity contribution in [2.75, 3.05) is 13.1 Å². The van der Waals surface area contributed by atoms with Crippen LogP contribution in [0.2, 0.25) is 0 Å². The highest BCUT2D eigenvalue weighted by atomic mass is 32.2. The molecule has 2 heterocycles. The van der Waals surface area contributed by atoms with Crippen LogP contribution in [0.1, 0.15) is 33.1 Å². The summed E-state index contributed by atoms with van der Waals surface area (Å²) < 4.78 is 26.9. The maximum Gasteiger partial charge on any atom is 0.284 e. The van der Waals surface area contributed by atoms with Gasteiger partial charge in [-0.25, -0.2) is 9.29 Å². The highest BCUT2D eigenvalue weighted by molar-refractivity contribution is 7.89. The SMILES string of the molecule is CC(C)C[C@H](N)C(=O)N(C1CCCNCC1=O)S(=O)(=O)c1ccccn1. The predicted molar refractivity (Wildman–Crippen MR) is 96.6 cm³/mol. The van der Waals surface area contributed by atoms with Crippen molar-refractivity contribution in [2.45, 2.75) is 50.2 Å². The number of nitrogens with two attached hydrogens (primary N) is 1. The number of carbonyl (C=O) groups excluding carboxylic acids is 2. The van der Waals surface area contributed by atoms with Crippen molar-refractivity contribution >= 4 is 21.7 Å². The van der Waals surface area contributed by atoms with Gasteiger partial charge in [0.05, 0.1) is 12.6 Å². The lowest BCUT2D eigenvalue weighted by molar-refractivity contribution is -0.135. The van der Waals surface area contributed by atoms with E-state index in [1.807, 2.05) is 13.8 Å². The third-order valence-corrected chi connectivity index (χ3v) is 5.93. The van der Waals surface area contributed by atoms with Gasteiger partial charge >= 0.3 is 0 Å². The molecule has 3 N–H and O–H groups in total. The van der Waals surface area contributed by atoms with Crippen LogP contribution in [0.15, 0.2) is 29.4 Å². The Morgan fingerprint density at radius 1 is 1.42 bits per heavy atom. The molecule has 0 radical (unpaired) electrons. The molecule has 0 saturated carbocycles. The van der Waals surface area contributed by atoms with Crippen molar-refractivity contribution in [3.63, 3.8) is 0 Å². The Labute approximate surface area is 154 Å². The van der Waals surface area contributed by atoms with E-state index in [0.29, 0.717) is 23.7 Å². The molecule has 144 valence electrons. The van der Waals surface area contributed by atoms with E-state index in [4.69, 9.17) is 5.73 Å². The average Bonchev–Trinajstić information content (AvgIpc) is 2.80. The molecule has 1 aromatic rings. The number of hydrogen-bond acceptors (Lipinski definition) is 7. The zero-order valence-corrected chi connectivity index (χ0v) is 15.9. The fraction of sp³-hybridized carbons (Fsp3) is 0.588. The minimum atomic E-state index is -4.29. The highest BCUT2D eigenvalue weighted by Crippen LogP contribution is 2.22. The summed E-state index contributed by atoms with van der Waals surface area (Å²) in [5, 5.41) is 2.68. The third-order valence-electron chi connectivity index (χ3n) is 4.21. The van der Waals surface area contributed by atoms with Gasteiger partial charge < -0.3 is 11.1 Å². The largest absolute Gasteiger partial charge is 0.320 e. The molecule has 1 unspecified atom stereocenters. The maximum atomic E-state index is 13.1. The number of amides is 1. The first-order valence-corrected chi connectivity index (χ1v) is 10.2. The van der Waals surface area contributed by atoms with Crippen molar-refractivity contribution in [3.05, 3.63) is 24.4 Å². The van der Waals surface area contributed by atoms with Crippen molar-refractivity contribution in [1.29, 1.82) is 0 Å². The molecule has 1 saturated heterocycles. The second-order valence-corrected chi connectivity index (χ2v) is 8.61. The van der Waals surface area contributed by atoms with Gasteiger partial charge in [0, 0.05) is 6.20 Å². The van der Waals surface area contributed by atoms with Gasteiger partial charge in [-0.1, -0.05) is 19.9 Å². The minimum Gasteiger partial charge on any atom is -0.320 e. The Bertz CT molecular complexity index is 736. The Morgan fingerprint density at radius 3 is 2.77 bits per heavy atom. The lowest BCUT2D eigenvalue weighted by Crippen LogP contribution is -2.55. The van der Waals surface area contributed by atoms with Crippen LogP contribution in [-0.2, 0) is 19.6 Å². The summed E-state index contributed by atoms with van der Waals surface area (Å²) in [5.74, 6) is -0.989. The van der Waals surface area contributed by atoms with E-state index >= 15 is 0 Å². The first-order chi connectivity index (χ1) is 12.2. The molecule has 0 aromatic carbocycles. The van der Waals surface area contributed by atoms with Crippen LogP contribution in [0.25, 0.3) is 0 Å². The number of rotatable bonds is 6. The number of hydrogen-bond donors (Lipinski definition) is 2. The van der Waals surface area contributed by atoms with E-state index < -0.39 is 28.0 Å². The van der Waals surface area contributed by atoms with Crippen LogP contribution in [0.5, 0.6) is 0 Å². The molecule has 1 aromatic heterocycles. The van der Waals surface area contributed by atoms with Crippen LogP contribution < -0.4 is 11.1 Å². The first kappa shape index (κ1) is 20.5. The van der Waals surface area contributed by atoms with Crippen LogP contribution in [0.4, 0.5) is 0 Å². The number of Topliss-reactive ketones (excluding diaryl/α,β-unsaturated/α-hetero) is 1. The molecule has 1 fully saturated rings. The van der Waals surface area contributed by atoms with Gasteiger partial charge in [-0.15, -0.1) is 0 Å². The van der Waals surface area contributed by atoms with Gasteiger partial charge in [-0.05, 0) is 43.9 Å². The van der Waals surface area contributed by atoms with Gasteiger partial charge in [-0.2, -0.15) is 8.42 Å². The quantitative estimate of drug-likeness (QED) is 0.725. The molecule has 0 spiro atoms. The van der Waals surface area contributed by atoms with Crippen LogP contribution in [-0.4, -0.2) is 54.6 Å². The molecule has 1 aliphatic heterocycles. The van der Waals surface area contributed by atoms with E-state index in [1.165, 1.54) is 18.3 Å². The molecular formula is C17H26N4O4S. The standard InChI is InChI=1S/C17H26N4O4S/c1-12(2)10-13(18)17(23)21(14-6-5-8-19-11-15(14)22)26(24,25)16-7-3-4-9-20-16/h3-4,7,9,12-14,19H,5-6,8,10-11,18H2,1-2H3/t13-,14?/m0/s1. The van der Waals surface area contributed by atoms with Gasteiger partial charge in [0.25, 0.3) is 15.9 Å². The van der Waals surface area contributed by atoms with E-state index in [9.17, 15) is 18.0 Å².